The molecule has 7 heteroatoms. The fourth-order valence-electron chi connectivity index (χ4n) is 5.07. The lowest BCUT2D eigenvalue weighted by atomic mass is 9.96. The van der Waals surface area contributed by atoms with Crippen LogP contribution in [0.15, 0.2) is 29.8 Å². The van der Waals surface area contributed by atoms with Gasteiger partial charge in [0.25, 0.3) is 0 Å². The van der Waals surface area contributed by atoms with E-state index in [0.717, 1.165) is 44.9 Å². The van der Waals surface area contributed by atoms with Gasteiger partial charge in [-0.3, -0.25) is 9.59 Å². The lowest BCUT2D eigenvalue weighted by Crippen LogP contribution is -2.47. The molecule has 0 unspecified atom stereocenters. The van der Waals surface area contributed by atoms with E-state index >= 15 is 0 Å². The molecule has 0 saturated heterocycles. The van der Waals surface area contributed by atoms with Crippen molar-refractivity contribution in [2.75, 3.05) is 26.6 Å². The number of rotatable bonds is 10. The molecule has 1 fully saturated rings. The minimum absolute atomic E-state index is 0.131. The second-order valence-electron chi connectivity index (χ2n) is 9.29. The molecule has 2 amide bonds. The SMILES string of the molecule is COc1ccc([C@H](C(=O)NC2CCCCCC2)N(CCC2=CCCCC2)C(=O)CCl)cc1OC. The van der Waals surface area contributed by atoms with Gasteiger partial charge in [-0.2, -0.15) is 0 Å². The van der Waals surface area contributed by atoms with E-state index in [1.54, 1.807) is 31.3 Å². The number of hydrogen-bond donors (Lipinski definition) is 1. The van der Waals surface area contributed by atoms with Gasteiger partial charge in [-0.1, -0.05) is 43.4 Å². The molecule has 3 rings (SSSR count). The molecule has 1 atom stereocenters. The van der Waals surface area contributed by atoms with E-state index in [2.05, 4.69) is 11.4 Å². The van der Waals surface area contributed by atoms with Crippen LogP contribution < -0.4 is 14.8 Å². The maximum atomic E-state index is 13.8. The number of carbonyl (C=O) groups excluding carboxylic acids is 2. The van der Waals surface area contributed by atoms with Crippen LogP contribution in [-0.4, -0.2) is 49.4 Å². The largest absolute Gasteiger partial charge is 0.493 e. The van der Waals surface area contributed by atoms with Gasteiger partial charge in [0.05, 0.1) is 14.2 Å². The number of amides is 2. The van der Waals surface area contributed by atoms with Gasteiger partial charge in [-0.25, -0.2) is 0 Å². The van der Waals surface area contributed by atoms with E-state index < -0.39 is 6.04 Å². The summed E-state index contributed by atoms with van der Waals surface area (Å²) in [7, 11) is 3.15. The van der Waals surface area contributed by atoms with Crippen LogP contribution in [0.2, 0.25) is 0 Å². The predicted molar refractivity (Wildman–Crippen MR) is 136 cm³/mol. The van der Waals surface area contributed by atoms with Crippen LogP contribution in [0.3, 0.4) is 0 Å². The third-order valence-corrected chi connectivity index (χ3v) is 7.21. The van der Waals surface area contributed by atoms with Crippen molar-refractivity contribution in [1.29, 1.82) is 0 Å². The zero-order chi connectivity index (χ0) is 24.3. The van der Waals surface area contributed by atoms with Crippen molar-refractivity contribution in [3.63, 3.8) is 0 Å². The summed E-state index contributed by atoms with van der Waals surface area (Å²) in [5.41, 5.74) is 2.05. The van der Waals surface area contributed by atoms with Gasteiger partial charge >= 0.3 is 0 Å². The molecule has 2 aliphatic rings. The molecule has 0 aliphatic heterocycles. The highest BCUT2D eigenvalue weighted by Crippen LogP contribution is 2.33. The number of ether oxygens (including phenoxy) is 2. The molecule has 1 aromatic rings. The van der Waals surface area contributed by atoms with E-state index in [4.69, 9.17) is 21.1 Å². The lowest BCUT2D eigenvalue weighted by molar-refractivity contribution is -0.139. The first kappa shape index (κ1) is 26.4. The Hall–Kier alpha value is -2.21. The van der Waals surface area contributed by atoms with Crippen molar-refractivity contribution < 1.29 is 19.1 Å². The van der Waals surface area contributed by atoms with Gasteiger partial charge in [-0.05, 0) is 62.6 Å². The number of allylic oxidation sites excluding steroid dienone is 1. The van der Waals surface area contributed by atoms with Crippen molar-refractivity contribution >= 4 is 23.4 Å². The maximum Gasteiger partial charge on any atom is 0.247 e. The summed E-state index contributed by atoms with van der Waals surface area (Å²) in [6, 6.07) is 4.77. The molecule has 0 heterocycles. The molecular formula is C27H39ClN2O4. The van der Waals surface area contributed by atoms with E-state index in [0.29, 0.717) is 23.6 Å². The normalized spacial score (nSPS) is 17.8. The second-order valence-corrected chi connectivity index (χ2v) is 9.56. The van der Waals surface area contributed by atoms with Gasteiger partial charge in [0.1, 0.15) is 11.9 Å². The van der Waals surface area contributed by atoms with E-state index in [1.807, 2.05) is 6.07 Å². The number of halogens is 1. The number of nitrogens with one attached hydrogen (secondary N) is 1. The van der Waals surface area contributed by atoms with Crippen LogP contribution >= 0.6 is 11.6 Å². The predicted octanol–water partition coefficient (Wildman–Crippen LogP) is 5.54. The van der Waals surface area contributed by atoms with Gasteiger partial charge in [0.2, 0.25) is 11.8 Å². The Balaban J connectivity index is 1.92. The molecule has 0 bridgehead atoms. The molecular weight excluding hydrogens is 452 g/mol. The van der Waals surface area contributed by atoms with Crippen LogP contribution in [0, 0.1) is 0 Å². The Morgan fingerprint density at radius 1 is 1.06 bits per heavy atom. The van der Waals surface area contributed by atoms with Crippen LogP contribution in [0.4, 0.5) is 0 Å². The molecule has 34 heavy (non-hydrogen) atoms. The Morgan fingerprint density at radius 2 is 1.79 bits per heavy atom. The standard InChI is InChI=1S/C27H39ClN2O4/c1-33-23-15-14-21(18-24(23)34-2)26(27(32)29-22-12-8-3-4-9-13-22)30(25(31)19-28)17-16-20-10-6-5-7-11-20/h10,14-15,18,22,26H,3-9,11-13,16-17,19H2,1-2H3,(H,29,32)/t26-/m1/s1. The zero-order valence-corrected chi connectivity index (χ0v) is 21.4. The third kappa shape index (κ3) is 7.14. The smallest absolute Gasteiger partial charge is 0.247 e. The summed E-state index contributed by atoms with van der Waals surface area (Å²) in [5, 5.41) is 3.26. The van der Waals surface area contributed by atoms with Gasteiger partial charge in [0, 0.05) is 12.6 Å². The number of benzene rings is 1. The highest BCUT2D eigenvalue weighted by Gasteiger charge is 2.33. The molecule has 1 aromatic carbocycles. The molecule has 188 valence electrons. The zero-order valence-electron chi connectivity index (χ0n) is 20.6. The van der Waals surface area contributed by atoms with E-state index in [-0.39, 0.29) is 23.7 Å². The van der Waals surface area contributed by atoms with Crippen molar-refractivity contribution in [3.8, 4) is 11.5 Å². The average molecular weight is 491 g/mol. The van der Waals surface area contributed by atoms with Crippen LogP contribution in [0.1, 0.15) is 82.2 Å². The van der Waals surface area contributed by atoms with Crippen LogP contribution in [0.25, 0.3) is 0 Å². The molecule has 0 aromatic heterocycles. The van der Waals surface area contributed by atoms with Gasteiger partial charge in [-0.15, -0.1) is 11.6 Å². The average Bonchev–Trinajstić information content (AvgIpc) is 3.14. The fraction of sp³-hybridized carbons (Fsp3) is 0.630. The summed E-state index contributed by atoms with van der Waals surface area (Å²) in [6.07, 6.45) is 14.2. The third-order valence-electron chi connectivity index (χ3n) is 6.98. The van der Waals surface area contributed by atoms with E-state index in [1.165, 1.54) is 31.3 Å². The highest BCUT2D eigenvalue weighted by atomic mass is 35.5. The summed E-state index contributed by atoms with van der Waals surface area (Å²) in [4.78, 5) is 28.5. The number of methoxy groups -OCH3 is 2. The van der Waals surface area contributed by atoms with Crippen molar-refractivity contribution in [1.82, 2.24) is 10.2 Å². The van der Waals surface area contributed by atoms with Crippen molar-refractivity contribution in [3.05, 3.63) is 35.4 Å². The first-order chi connectivity index (χ1) is 16.6. The quantitative estimate of drug-likeness (QED) is 0.265. The summed E-state index contributed by atoms with van der Waals surface area (Å²) in [5.74, 6) is 0.542. The van der Waals surface area contributed by atoms with Crippen molar-refractivity contribution in [2.24, 2.45) is 0 Å². The lowest BCUT2D eigenvalue weighted by Gasteiger charge is -2.33. The minimum atomic E-state index is -0.779. The highest BCUT2D eigenvalue weighted by molar-refractivity contribution is 6.27. The first-order valence-corrected chi connectivity index (χ1v) is 13.2. The Labute approximate surface area is 209 Å². The number of alkyl halides is 1. The molecule has 1 saturated carbocycles. The fourth-order valence-corrected chi connectivity index (χ4v) is 5.22. The molecule has 6 nitrogen and oxygen atoms in total. The number of carbonyl (C=O) groups is 2. The second kappa shape index (κ2) is 13.6. The number of hydrogen-bond acceptors (Lipinski definition) is 4. The minimum Gasteiger partial charge on any atom is -0.493 e. The first-order valence-electron chi connectivity index (χ1n) is 12.6. The van der Waals surface area contributed by atoms with Crippen LogP contribution in [-0.2, 0) is 9.59 Å². The molecule has 2 aliphatic carbocycles. The summed E-state index contributed by atoms with van der Waals surface area (Å²) in [6.45, 7) is 0.453. The molecule has 0 radical (unpaired) electrons. The van der Waals surface area contributed by atoms with Gasteiger partial charge in [0.15, 0.2) is 11.5 Å². The monoisotopic (exact) mass is 490 g/mol. The maximum absolute atomic E-state index is 13.8. The Bertz CT molecular complexity index is 849. The molecule has 1 N–H and O–H groups in total. The van der Waals surface area contributed by atoms with Crippen molar-refractivity contribution in [2.45, 2.75) is 82.7 Å². The van der Waals surface area contributed by atoms with Crippen LogP contribution in [0.5, 0.6) is 11.5 Å². The Morgan fingerprint density at radius 3 is 2.41 bits per heavy atom. The molecule has 0 spiro atoms. The summed E-state index contributed by atoms with van der Waals surface area (Å²) >= 11 is 6.04. The Kier molecular flexibility index (Phi) is 10.6. The number of nitrogens with zero attached hydrogens (tertiary/aromatic N) is 1. The topological polar surface area (TPSA) is 67.9 Å². The van der Waals surface area contributed by atoms with Gasteiger partial charge < -0.3 is 19.7 Å². The summed E-state index contributed by atoms with van der Waals surface area (Å²) < 4.78 is 10.9. The van der Waals surface area contributed by atoms with E-state index in [9.17, 15) is 9.59 Å².